The number of anilines is 4. The molecule has 8 nitrogen and oxygen atoms in total. The van der Waals surface area contributed by atoms with E-state index in [2.05, 4.69) is 49.5 Å². The molecule has 202 valence electrons. The molecule has 2 aliphatic heterocycles. The number of ether oxygens (including phenoxy) is 2. The summed E-state index contributed by atoms with van der Waals surface area (Å²) in [7, 11) is 5.30. The van der Waals surface area contributed by atoms with E-state index in [0.717, 1.165) is 59.9 Å². The van der Waals surface area contributed by atoms with Crippen LogP contribution in [0.4, 0.5) is 23.0 Å². The van der Waals surface area contributed by atoms with Gasteiger partial charge in [0.1, 0.15) is 5.75 Å². The summed E-state index contributed by atoms with van der Waals surface area (Å²) in [6.45, 7) is 6.43. The van der Waals surface area contributed by atoms with Crippen molar-refractivity contribution in [2.24, 2.45) is 11.8 Å². The van der Waals surface area contributed by atoms with Crippen molar-refractivity contribution in [3.05, 3.63) is 53.6 Å². The molecular weight excluding hydrogens is 478 g/mol. The molecule has 0 spiro atoms. The third kappa shape index (κ3) is 4.89. The van der Waals surface area contributed by atoms with Crippen LogP contribution in [0.5, 0.6) is 5.75 Å². The first-order valence-corrected chi connectivity index (χ1v) is 13.6. The van der Waals surface area contributed by atoms with E-state index in [9.17, 15) is 4.79 Å². The molecular formula is C30H39N5O3. The Labute approximate surface area is 225 Å². The second kappa shape index (κ2) is 10.8. The van der Waals surface area contributed by atoms with Crippen molar-refractivity contribution < 1.29 is 14.3 Å². The van der Waals surface area contributed by atoms with Crippen LogP contribution >= 0.6 is 0 Å². The maximum atomic E-state index is 13.5. The fourth-order valence-corrected chi connectivity index (χ4v) is 6.16. The van der Waals surface area contributed by atoms with Crippen molar-refractivity contribution in [1.29, 1.82) is 0 Å². The topological polar surface area (TPSA) is 79.8 Å². The highest BCUT2D eigenvalue weighted by Crippen LogP contribution is 2.45. The molecule has 3 aliphatic rings. The molecule has 0 radical (unpaired) electrons. The second-order valence-electron chi connectivity index (χ2n) is 10.8. The van der Waals surface area contributed by atoms with Gasteiger partial charge in [-0.1, -0.05) is 25.5 Å². The summed E-state index contributed by atoms with van der Waals surface area (Å²) < 4.78 is 11.5. The van der Waals surface area contributed by atoms with Crippen LogP contribution in [0.2, 0.25) is 0 Å². The van der Waals surface area contributed by atoms with Gasteiger partial charge in [0, 0.05) is 50.1 Å². The van der Waals surface area contributed by atoms with Gasteiger partial charge < -0.3 is 24.6 Å². The standard InChI is InChI=1S/C30H39N5O3/c1-7-24-28-27(19(3)20-13-21(29(36)34(28)4)15-23(14-20)37-5)33-30(32-24)31-22-10-11-25(26(16-22)38-6)35-12-8-9-18(2)17-35/h8,10-12,16-17,19-21,23H,7,9,13-15H2,1-6H3,(H,31,32,33). The van der Waals surface area contributed by atoms with Crippen LogP contribution in [0.3, 0.4) is 0 Å². The molecule has 4 atom stereocenters. The zero-order valence-corrected chi connectivity index (χ0v) is 23.3. The molecule has 2 bridgehead atoms. The maximum absolute atomic E-state index is 13.5. The molecule has 1 aliphatic carbocycles. The lowest BCUT2D eigenvalue weighted by Crippen LogP contribution is -2.43. The predicted octanol–water partition coefficient (Wildman–Crippen LogP) is 5.93. The number of fused-ring (bicyclic) bond motifs is 3. The highest BCUT2D eigenvalue weighted by atomic mass is 16.5. The molecule has 2 aromatic rings. The lowest BCUT2D eigenvalue weighted by atomic mass is 9.71. The SMILES string of the molecule is CCc1nc(Nc2ccc(N3C=CCC(C)=C3)c(OC)c2)nc2c1N(C)C(=O)C1CC(OC)CC(C1)C2C. The largest absolute Gasteiger partial charge is 0.494 e. The van der Waals surface area contributed by atoms with Gasteiger partial charge in [0.2, 0.25) is 11.9 Å². The Balaban J connectivity index is 1.51. The number of rotatable bonds is 6. The molecule has 4 unspecified atom stereocenters. The third-order valence-corrected chi connectivity index (χ3v) is 8.28. The molecule has 1 N–H and O–H groups in total. The summed E-state index contributed by atoms with van der Waals surface area (Å²) in [6.07, 6.45) is 10.7. The zero-order chi connectivity index (χ0) is 27.0. The van der Waals surface area contributed by atoms with Crippen molar-refractivity contribution in [2.45, 2.75) is 64.9 Å². The maximum Gasteiger partial charge on any atom is 0.230 e. The van der Waals surface area contributed by atoms with E-state index in [-0.39, 0.29) is 23.8 Å². The normalized spacial score (nSPS) is 24.9. The number of allylic oxidation sites excluding steroid dienone is 2. The second-order valence-corrected chi connectivity index (χ2v) is 10.8. The Hall–Kier alpha value is -3.39. The molecule has 38 heavy (non-hydrogen) atoms. The summed E-state index contributed by atoms with van der Waals surface area (Å²) in [5, 5.41) is 3.42. The number of hydrogen-bond donors (Lipinski definition) is 1. The first-order valence-electron chi connectivity index (χ1n) is 13.6. The van der Waals surface area contributed by atoms with Gasteiger partial charge in [-0.3, -0.25) is 4.79 Å². The van der Waals surface area contributed by atoms with Gasteiger partial charge in [-0.25, -0.2) is 9.97 Å². The summed E-state index contributed by atoms with van der Waals surface area (Å²) >= 11 is 0. The van der Waals surface area contributed by atoms with Crippen molar-refractivity contribution in [3.63, 3.8) is 0 Å². The van der Waals surface area contributed by atoms with E-state index >= 15 is 0 Å². The van der Waals surface area contributed by atoms with Crippen LogP contribution < -0.4 is 19.9 Å². The number of amides is 1. The first-order chi connectivity index (χ1) is 18.3. The van der Waals surface area contributed by atoms with Gasteiger partial charge in [0.25, 0.3) is 0 Å². The molecule has 1 saturated carbocycles. The number of carbonyl (C=O) groups is 1. The highest BCUT2D eigenvalue weighted by Gasteiger charge is 2.41. The summed E-state index contributed by atoms with van der Waals surface area (Å²) in [5.74, 6) is 1.91. The minimum absolute atomic E-state index is 0.0267. The molecule has 8 heteroatoms. The Kier molecular flexibility index (Phi) is 7.43. The number of nitrogens with zero attached hydrogens (tertiary/aromatic N) is 4. The van der Waals surface area contributed by atoms with Crippen LogP contribution in [-0.4, -0.2) is 43.2 Å². The van der Waals surface area contributed by atoms with Crippen molar-refractivity contribution in [3.8, 4) is 5.75 Å². The summed E-state index contributed by atoms with van der Waals surface area (Å²) in [6, 6.07) is 6.03. The fourth-order valence-electron chi connectivity index (χ4n) is 6.16. The number of carbonyl (C=O) groups excluding carboxylic acids is 1. The third-order valence-electron chi connectivity index (χ3n) is 8.28. The minimum Gasteiger partial charge on any atom is -0.494 e. The van der Waals surface area contributed by atoms with Gasteiger partial charge in [0.15, 0.2) is 0 Å². The molecule has 1 aromatic heterocycles. The van der Waals surface area contributed by atoms with Crippen LogP contribution in [0, 0.1) is 11.8 Å². The van der Waals surface area contributed by atoms with Crippen molar-refractivity contribution in [1.82, 2.24) is 9.97 Å². The number of hydrogen-bond acceptors (Lipinski definition) is 7. The van der Waals surface area contributed by atoms with Gasteiger partial charge in [-0.05, 0) is 57.1 Å². The fraction of sp³-hybridized carbons (Fsp3) is 0.500. The summed E-state index contributed by atoms with van der Waals surface area (Å²) in [4.78, 5) is 27.3. The van der Waals surface area contributed by atoms with Crippen LogP contribution in [0.1, 0.15) is 63.8 Å². The number of benzene rings is 1. The van der Waals surface area contributed by atoms with E-state index < -0.39 is 0 Å². The number of methoxy groups -OCH3 is 2. The Morgan fingerprint density at radius 1 is 1.16 bits per heavy atom. The monoisotopic (exact) mass is 517 g/mol. The van der Waals surface area contributed by atoms with Gasteiger partial charge in [0.05, 0.1) is 36.0 Å². The van der Waals surface area contributed by atoms with E-state index in [1.807, 2.05) is 25.2 Å². The Bertz CT molecular complexity index is 1270. The number of nitrogens with one attached hydrogen (secondary N) is 1. The minimum atomic E-state index is -0.0267. The van der Waals surface area contributed by atoms with Crippen molar-refractivity contribution >= 4 is 28.9 Å². The predicted molar refractivity (Wildman–Crippen MR) is 151 cm³/mol. The lowest BCUT2D eigenvalue weighted by Gasteiger charge is -2.41. The quantitative estimate of drug-likeness (QED) is 0.509. The smallest absolute Gasteiger partial charge is 0.230 e. The molecule has 1 fully saturated rings. The van der Waals surface area contributed by atoms with E-state index in [0.29, 0.717) is 18.3 Å². The van der Waals surface area contributed by atoms with Crippen molar-refractivity contribution in [2.75, 3.05) is 36.4 Å². The molecule has 1 amide bonds. The van der Waals surface area contributed by atoms with Crippen LogP contribution in [0.25, 0.3) is 0 Å². The number of aromatic nitrogens is 2. The van der Waals surface area contributed by atoms with Gasteiger partial charge in [-0.15, -0.1) is 0 Å². The zero-order valence-electron chi connectivity index (χ0n) is 23.3. The molecule has 3 heterocycles. The van der Waals surface area contributed by atoms with E-state index in [1.54, 1.807) is 19.1 Å². The van der Waals surface area contributed by atoms with Crippen LogP contribution in [-0.2, 0) is 16.0 Å². The Morgan fingerprint density at radius 3 is 2.68 bits per heavy atom. The van der Waals surface area contributed by atoms with E-state index in [1.165, 1.54) is 5.57 Å². The van der Waals surface area contributed by atoms with Gasteiger partial charge in [-0.2, -0.15) is 0 Å². The average Bonchev–Trinajstić information content (AvgIpc) is 2.94. The van der Waals surface area contributed by atoms with Crippen LogP contribution in [0.15, 0.2) is 42.2 Å². The lowest BCUT2D eigenvalue weighted by molar-refractivity contribution is -0.126. The molecule has 5 rings (SSSR count). The average molecular weight is 518 g/mol. The van der Waals surface area contributed by atoms with E-state index in [4.69, 9.17) is 19.4 Å². The highest BCUT2D eigenvalue weighted by molar-refractivity contribution is 5.96. The molecule has 1 aromatic carbocycles. The molecule has 0 saturated heterocycles. The Morgan fingerprint density at radius 2 is 1.97 bits per heavy atom. The van der Waals surface area contributed by atoms with Gasteiger partial charge >= 0.3 is 0 Å². The summed E-state index contributed by atoms with van der Waals surface area (Å²) in [5.41, 5.74) is 5.78. The number of aryl methyl sites for hydroxylation is 1. The first kappa shape index (κ1) is 26.2.